The molecule has 1 aliphatic heterocycles. The summed E-state index contributed by atoms with van der Waals surface area (Å²) >= 11 is 1.52. The Hall–Kier alpha value is -2.77. The Morgan fingerprint density at radius 1 is 1.17 bits per heavy atom. The van der Waals surface area contributed by atoms with Gasteiger partial charge < -0.3 is 10.6 Å². The first-order chi connectivity index (χ1) is 14.0. The van der Waals surface area contributed by atoms with Gasteiger partial charge in [-0.25, -0.2) is 4.39 Å². The lowest BCUT2D eigenvalue weighted by Gasteiger charge is -2.16. The van der Waals surface area contributed by atoms with Gasteiger partial charge in [0.15, 0.2) is 0 Å². The Morgan fingerprint density at radius 2 is 1.93 bits per heavy atom. The van der Waals surface area contributed by atoms with Crippen molar-refractivity contribution < 1.29 is 14.0 Å². The van der Waals surface area contributed by atoms with Crippen LogP contribution in [0, 0.1) is 5.82 Å². The van der Waals surface area contributed by atoms with E-state index >= 15 is 0 Å². The molecule has 2 heterocycles. The van der Waals surface area contributed by atoms with Crippen LogP contribution >= 0.6 is 11.3 Å². The number of carbonyl (C=O) groups excluding carboxylic acids is 2. The Balaban J connectivity index is 1.48. The van der Waals surface area contributed by atoms with Gasteiger partial charge in [0.05, 0.1) is 11.4 Å². The first-order valence-corrected chi connectivity index (χ1v) is 10.4. The Kier molecular flexibility index (Phi) is 5.60. The summed E-state index contributed by atoms with van der Waals surface area (Å²) < 4.78 is 14.1. The van der Waals surface area contributed by atoms with Gasteiger partial charge in [0.1, 0.15) is 5.82 Å². The quantitative estimate of drug-likeness (QED) is 0.671. The first-order valence-electron chi connectivity index (χ1n) is 9.56. The molecule has 1 aliphatic rings. The molecule has 1 atom stereocenters. The lowest BCUT2D eigenvalue weighted by atomic mass is 9.95. The predicted molar refractivity (Wildman–Crippen MR) is 114 cm³/mol. The fourth-order valence-corrected chi connectivity index (χ4v) is 5.14. The van der Waals surface area contributed by atoms with Gasteiger partial charge in [-0.1, -0.05) is 18.2 Å². The number of anilines is 1. The van der Waals surface area contributed by atoms with E-state index < -0.39 is 0 Å². The van der Waals surface area contributed by atoms with E-state index in [1.807, 2.05) is 18.2 Å². The zero-order chi connectivity index (χ0) is 20.4. The van der Waals surface area contributed by atoms with Crippen molar-refractivity contribution in [2.24, 2.45) is 0 Å². The summed E-state index contributed by atoms with van der Waals surface area (Å²) in [6.45, 7) is 1.78. The predicted octanol–water partition coefficient (Wildman–Crippen LogP) is 3.83. The van der Waals surface area contributed by atoms with Crippen molar-refractivity contribution in [2.45, 2.75) is 12.3 Å². The van der Waals surface area contributed by atoms with Crippen molar-refractivity contribution in [1.29, 1.82) is 0 Å². The smallest absolute Gasteiger partial charge is 0.261 e. The molecule has 29 heavy (non-hydrogen) atoms. The molecular weight excluding hydrogens is 389 g/mol. The van der Waals surface area contributed by atoms with Gasteiger partial charge in [-0.3, -0.25) is 14.5 Å². The van der Waals surface area contributed by atoms with Gasteiger partial charge in [-0.2, -0.15) is 0 Å². The molecule has 1 saturated heterocycles. The minimum absolute atomic E-state index is 0.0614. The minimum Gasteiger partial charge on any atom is -0.354 e. The summed E-state index contributed by atoms with van der Waals surface area (Å²) in [4.78, 5) is 27.7. The molecular formula is C22H22FN3O2S. The van der Waals surface area contributed by atoms with E-state index in [1.54, 1.807) is 19.2 Å². The SMILES string of the molecule is CNC(=O)c1sc2ccccc2c1[C@H]1CCN(CC(=O)Nc2ccc(F)cc2)C1. The number of rotatable bonds is 5. The third kappa shape index (κ3) is 4.16. The van der Waals surface area contributed by atoms with E-state index in [-0.39, 0.29) is 30.1 Å². The van der Waals surface area contributed by atoms with Crippen LogP contribution in [0.1, 0.15) is 27.6 Å². The molecule has 1 aromatic heterocycles. The third-order valence-corrected chi connectivity index (χ3v) is 6.43. The Bertz CT molecular complexity index is 1050. The summed E-state index contributed by atoms with van der Waals surface area (Å²) in [7, 11) is 1.65. The summed E-state index contributed by atoms with van der Waals surface area (Å²) in [5.74, 6) is -0.315. The molecule has 0 unspecified atom stereocenters. The first kappa shape index (κ1) is 19.5. The molecule has 0 bridgehead atoms. The zero-order valence-corrected chi connectivity index (χ0v) is 16.9. The largest absolute Gasteiger partial charge is 0.354 e. The minimum atomic E-state index is -0.333. The van der Waals surface area contributed by atoms with Crippen molar-refractivity contribution >= 4 is 38.9 Å². The molecule has 3 aromatic rings. The molecule has 0 spiro atoms. The lowest BCUT2D eigenvalue weighted by Crippen LogP contribution is -2.31. The highest BCUT2D eigenvalue weighted by molar-refractivity contribution is 7.21. The number of amides is 2. The van der Waals surface area contributed by atoms with Crippen LogP contribution in [-0.2, 0) is 4.79 Å². The highest BCUT2D eigenvalue weighted by atomic mass is 32.1. The van der Waals surface area contributed by atoms with Crippen LogP contribution in [0.2, 0.25) is 0 Å². The molecule has 2 amide bonds. The standard InChI is InChI=1S/C22H22FN3O2S/c1-24-22(28)21-20(17-4-2-3-5-18(17)29-21)14-10-11-26(12-14)13-19(27)25-16-8-6-15(23)7-9-16/h2-9,14H,10-13H2,1H3,(H,24,28)(H,25,27)/t14-/m0/s1. The average molecular weight is 412 g/mol. The van der Waals surface area contributed by atoms with E-state index in [0.29, 0.717) is 5.69 Å². The second kappa shape index (κ2) is 8.31. The molecule has 0 saturated carbocycles. The maximum atomic E-state index is 13.0. The van der Waals surface area contributed by atoms with Gasteiger partial charge in [0.25, 0.3) is 5.91 Å². The van der Waals surface area contributed by atoms with Crippen molar-refractivity contribution in [2.75, 3.05) is 32.0 Å². The molecule has 1 fully saturated rings. The summed E-state index contributed by atoms with van der Waals surface area (Å²) in [5, 5.41) is 6.68. The Labute approximate surface area is 172 Å². The van der Waals surface area contributed by atoms with Crippen LogP contribution in [0.15, 0.2) is 48.5 Å². The molecule has 5 nitrogen and oxygen atoms in total. The molecule has 2 N–H and O–H groups in total. The van der Waals surface area contributed by atoms with Gasteiger partial charge >= 0.3 is 0 Å². The van der Waals surface area contributed by atoms with Gasteiger partial charge in [0.2, 0.25) is 5.91 Å². The number of benzene rings is 2. The molecule has 7 heteroatoms. The van der Waals surface area contributed by atoms with Gasteiger partial charge in [0, 0.05) is 29.9 Å². The van der Waals surface area contributed by atoms with Crippen molar-refractivity contribution in [3.63, 3.8) is 0 Å². The molecule has 0 radical (unpaired) electrons. The summed E-state index contributed by atoms with van der Waals surface area (Å²) in [5.41, 5.74) is 1.67. The van der Waals surface area contributed by atoms with Gasteiger partial charge in [-0.15, -0.1) is 11.3 Å². The van der Waals surface area contributed by atoms with E-state index in [0.717, 1.165) is 40.0 Å². The average Bonchev–Trinajstić information content (AvgIpc) is 3.33. The molecule has 2 aromatic carbocycles. The fourth-order valence-electron chi connectivity index (χ4n) is 3.90. The number of nitrogens with one attached hydrogen (secondary N) is 2. The van der Waals surface area contributed by atoms with E-state index in [9.17, 15) is 14.0 Å². The topological polar surface area (TPSA) is 61.4 Å². The highest BCUT2D eigenvalue weighted by Crippen LogP contribution is 2.40. The van der Waals surface area contributed by atoms with Crippen LogP contribution in [0.4, 0.5) is 10.1 Å². The number of hydrogen-bond donors (Lipinski definition) is 2. The van der Waals surface area contributed by atoms with Crippen molar-refractivity contribution in [3.05, 3.63) is 64.8 Å². The van der Waals surface area contributed by atoms with Crippen molar-refractivity contribution in [3.8, 4) is 0 Å². The summed E-state index contributed by atoms with van der Waals surface area (Å²) in [6, 6.07) is 13.8. The fraction of sp³-hybridized carbons (Fsp3) is 0.273. The van der Waals surface area contributed by atoms with Crippen LogP contribution in [-0.4, -0.2) is 43.4 Å². The number of thiophene rings is 1. The second-order valence-corrected chi connectivity index (χ2v) is 8.25. The monoisotopic (exact) mass is 411 g/mol. The van der Waals surface area contributed by atoms with Crippen molar-refractivity contribution in [1.82, 2.24) is 10.2 Å². The number of hydrogen-bond acceptors (Lipinski definition) is 4. The molecule has 4 rings (SSSR count). The number of fused-ring (bicyclic) bond motifs is 1. The Morgan fingerprint density at radius 3 is 2.69 bits per heavy atom. The van der Waals surface area contributed by atoms with E-state index in [4.69, 9.17) is 0 Å². The normalized spacial score (nSPS) is 16.8. The maximum absolute atomic E-state index is 13.0. The number of nitrogens with zero attached hydrogens (tertiary/aromatic N) is 1. The van der Waals surface area contributed by atoms with E-state index in [1.165, 1.54) is 23.5 Å². The second-order valence-electron chi connectivity index (χ2n) is 7.20. The highest BCUT2D eigenvalue weighted by Gasteiger charge is 2.31. The molecule has 150 valence electrons. The third-order valence-electron chi connectivity index (χ3n) is 5.24. The van der Waals surface area contributed by atoms with Crippen LogP contribution in [0.25, 0.3) is 10.1 Å². The summed E-state index contributed by atoms with van der Waals surface area (Å²) in [6.07, 6.45) is 0.897. The molecule has 0 aliphatic carbocycles. The lowest BCUT2D eigenvalue weighted by molar-refractivity contribution is -0.117. The van der Waals surface area contributed by atoms with Crippen LogP contribution in [0.3, 0.4) is 0 Å². The van der Waals surface area contributed by atoms with Gasteiger partial charge in [-0.05, 0) is 54.2 Å². The van der Waals surface area contributed by atoms with Crippen LogP contribution < -0.4 is 10.6 Å². The number of carbonyl (C=O) groups is 2. The number of halogens is 1. The zero-order valence-electron chi connectivity index (χ0n) is 16.1. The van der Waals surface area contributed by atoms with Crippen LogP contribution in [0.5, 0.6) is 0 Å². The van der Waals surface area contributed by atoms with E-state index in [2.05, 4.69) is 21.6 Å². The maximum Gasteiger partial charge on any atom is 0.261 e. The number of likely N-dealkylation sites (tertiary alicyclic amines) is 1.